The molecule has 0 aliphatic rings. The van der Waals surface area contributed by atoms with E-state index in [-0.39, 0.29) is 6.04 Å². The Hall–Kier alpha value is -1.53. The summed E-state index contributed by atoms with van der Waals surface area (Å²) in [6.07, 6.45) is 0. The van der Waals surface area contributed by atoms with Gasteiger partial charge in [0.1, 0.15) is 11.8 Å². The molecule has 1 atom stereocenters. The number of thiocarbonyl (C=S) groups is 1. The van der Waals surface area contributed by atoms with E-state index in [2.05, 4.69) is 30.8 Å². The van der Waals surface area contributed by atoms with E-state index in [0.717, 1.165) is 11.4 Å². The summed E-state index contributed by atoms with van der Waals surface area (Å²) in [5.41, 5.74) is 1.94. The largest absolute Gasteiger partial charge is 0.497 e. The monoisotopic (exact) mass is 398 g/mol. The van der Waals surface area contributed by atoms with E-state index in [1.165, 1.54) is 10.5 Å². The molecule has 0 bridgehead atoms. The molecule has 4 nitrogen and oxygen atoms in total. The summed E-state index contributed by atoms with van der Waals surface area (Å²) < 4.78 is 5.32. The van der Waals surface area contributed by atoms with Crippen LogP contribution in [0.3, 0.4) is 0 Å². The number of anilines is 1. The highest BCUT2D eigenvalue weighted by atomic mass is 35.5. The number of halogens is 2. The molecule has 2 rings (SSSR count). The Morgan fingerprint density at radius 1 is 1.16 bits per heavy atom. The second kappa shape index (κ2) is 9.25. The van der Waals surface area contributed by atoms with Gasteiger partial charge < -0.3 is 20.3 Å². The van der Waals surface area contributed by atoms with E-state index < -0.39 is 0 Å². The fraction of sp³-hybridized carbons (Fsp3) is 0.278. The highest BCUT2D eigenvalue weighted by molar-refractivity contribution is 7.80. The van der Waals surface area contributed by atoms with Crippen molar-refractivity contribution in [2.75, 3.05) is 33.1 Å². The Morgan fingerprint density at radius 2 is 1.84 bits per heavy atom. The van der Waals surface area contributed by atoms with E-state index in [0.29, 0.717) is 21.7 Å². The molecule has 0 amide bonds. The van der Waals surface area contributed by atoms with Gasteiger partial charge in [0, 0.05) is 21.3 Å². The summed E-state index contributed by atoms with van der Waals surface area (Å²) in [4.78, 5) is 1.29. The van der Waals surface area contributed by atoms with Gasteiger partial charge in [0.2, 0.25) is 0 Å². The second-order valence-electron chi connectivity index (χ2n) is 5.90. The highest BCUT2D eigenvalue weighted by Gasteiger charge is 2.18. The van der Waals surface area contributed by atoms with Gasteiger partial charge in [-0.3, -0.25) is 0 Å². The average Bonchev–Trinajstić information content (AvgIpc) is 2.54. The van der Waals surface area contributed by atoms with Gasteiger partial charge >= 0.3 is 0 Å². The Kier molecular flexibility index (Phi) is 7.32. The number of quaternary nitrogens is 1. The SMILES string of the molecule is COc1cccc([C@@H](CNC(=S)Nc2cc(Cl)cc(Cl)c2)[NH+](C)C)c1. The summed E-state index contributed by atoms with van der Waals surface area (Å²) in [6, 6.07) is 13.5. The fourth-order valence-corrected chi connectivity index (χ4v) is 3.24. The zero-order valence-electron chi connectivity index (χ0n) is 14.4. The van der Waals surface area contributed by atoms with Gasteiger partial charge in [-0.15, -0.1) is 0 Å². The summed E-state index contributed by atoms with van der Waals surface area (Å²) in [5, 5.41) is 8.01. The smallest absolute Gasteiger partial charge is 0.171 e. The number of hydrogen-bond donors (Lipinski definition) is 3. The maximum atomic E-state index is 6.01. The number of rotatable bonds is 6. The molecule has 0 heterocycles. The number of likely N-dealkylation sites (N-methyl/N-ethyl adjacent to an activating group) is 1. The van der Waals surface area contributed by atoms with Crippen LogP contribution in [0.4, 0.5) is 5.69 Å². The molecule has 0 aliphatic heterocycles. The molecule has 2 aromatic carbocycles. The van der Waals surface area contributed by atoms with Crippen molar-refractivity contribution in [1.29, 1.82) is 0 Å². The average molecular weight is 399 g/mol. The van der Waals surface area contributed by atoms with Crippen LogP contribution in [0, 0.1) is 0 Å². The maximum Gasteiger partial charge on any atom is 0.171 e. The summed E-state index contributed by atoms with van der Waals surface area (Å²) in [6.45, 7) is 0.676. The van der Waals surface area contributed by atoms with Crippen LogP contribution >= 0.6 is 35.4 Å². The first-order valence-electron chi connectivity index (χ1n) is 7.84. The third kappa shape index (κ3) is 6.04. The number of methoxy groups -OCH3 is 1. The van der Waals surface area contributed by atoms with E-state index in [9.17, 15) is 0 Å². The molecule has 0 radical (unpaired) electrons. The van der Waals surface area contributed by atoms with Gasteiger partial charge in [-0.05, 0) is 42.5 Å². The standard InChI is InChI=1S/C18H21Cl2N3OS/c1-23(2)17(12-5-4-6-16(7-12)24-3)11-21-18(25)22-15-9-13(19)8-14(20)10-15/h4-10,17H,11H2,1-3H3,(H2,21,22,25)/p+1/t17-/m1/s1. The van der Waals surface area contributed by atoms with Crippen LogP contribution in [0.15, 0.2) is 42.5 Å². The van der Waals surface area contributed by atoms with Crippen molar-refractivity contribution in [3.05, 3.63) is 58.1 Å². The molecule has 2 aromatic rings. The quantitative estimate of drug-likeness (QED) is 0.653. The first-order valence-corrected chi connectivity index (χ1v) is 9.00. The van der Waals surface area contributed by atoms with Gasteiger partial charge in [0.05, 0.1) is 27.7 Å². The lowest BCUT2D eigenvalue weighted by atomic mass is 10.1. The molecule has 0 fully saturated rings. The molecule has 0 unspecified atom stereocenters. The van der Waals surface area contributed by atoms with Crippen LogP contribution in [0.5, 0.6) is 5.75 Å². The van der Waals surface area contributed by atoms with Crippen molar-refractivity contribution in [3.8, 4) is 5.75 Å². The Morgan fingerprint density at radius 3 is 2.44 bits per heavy atom. The zero-order valence-corrected chi connectivity index (χ0v) is 16.7. The lowest BCUT2D eigenvalue weighted by Crippen LogP contribution is -3.07. The Bertz CT molecular complexity index is 720. The van der Waals surface area contributed by atoms with Crippen molar-refractivity contribution >= 4 is 46.2 Å². The molecule has 0 saturated carbocycles. The van der Waals surface area contributed by atoms with Crippen molar-refractivity contribution in [2.45, 2.75) is 6.04 Å². The maximum absolute atomic E-state index is 6.01. The van der Waals surface area contributed by atoms with Gasteiger partial charge in [-0.25, -0.2) is 0 Å². The topological polar surface area (TPSA) is 37.7 Å². The summed E-state index contributed by atoms with van der Waals surface area (Å²) >= 11 is 17.4. The van der Waals surface area contributed by atoms with Crippen molar-refractivity contribution in [1.82, 2.24) is 5.32 Å². The number of benzene rings is 2. The first kappa shape index (κ1) is 19.8. The van der Waals surface area contributed by atoms with Gasteiger partial charge in [-0.2, -0.15) is 0 Å². The fourth-order valence-electron chi connectivity index (χ4n) is 2.51. The first-order chi connectivity index (χ1) is 11.9. The molecule has 0 saturated heterocycles. The molecular formula is C18H22Cl2N3OS+. The lowest BCUT2D eigenvalue weighted by molar-refractivity contribution is -0.890. The van der Waals surface area contributed by atoms with Crippen LogP contribution in [0.25, 0.3) is 0 Å². The molecule has 0 aromatic heterocycles. The number of nitrogens with one attached hydrogen (secondary N) is 3. The number of ether oxygens (including phenoxy) is 1. The molecule has 7 heteroatoms. The van der Waals surface area contributed by atoms with Gasteiger partial charge in [-0.1, -0.05) is 35.3 Å². The van der Waals surface area contributed by atoms with E-state index in [1.54, 1.807) is 25.3 Å². The Balaban J connectivity index is 2.01. The van der Waals surface area contributed by atoms with E-state index in [1.807, 2.05) is 18.2 Å². The van der Waals surface area contributed by atoms with Crippen molar-refractivity contribution in [2.24, 2.45) is 0 Å². The molecule has 25 heavy (non-hydrogen) atoms. The molecule has 134 valence electrons. The number of hydrogen-bond acceptors (Lipinski definition) is 2. The second-order valence-corrected chi connectivity index (χ2v) is 7.18. The zero-order chi connectivity index (χ0) is 18.4. The van der Waals surface area contributed by atoms with Crippen LogP contribution in [-0.4, -0.2) is 32.9 Å². The Labute approximate surface area is 164 Å². The van der Waals surface area contributed by atoms with E-state index in [4.69, 9.17) is 40.2 Å². The normalized spacial score (nSPS) is 11.9. The minimum absolute atomic E-state index is 0.220. The van der Waals surface area contributed by atoms with Crippen molar-refractivity contribution in [3.63, 3.8) is 0 Å². The van der Waals surface area contributed by atoms with Crippen LogP contribution < -0.4 is 20.3 Å². The predicted molar refractivity (Wildman–Crippen MR) is 109 cm³/mol. The van der Waals surface area contributed by atoms with E-state index >= 15 is 0 Å². The third-order valence-electron chi connectivity index (χ3n) is 3.78. The highest BCUT2D eigenvalue weighted by Crippen LogP contribution is 2.22. The third-order valence-corrected chi connectivity index (χ3v) is 4.46. The summed E-state index contributed by atoms with van der Waals surface area (Å²) in [5.74, 6) is 0.845. The van der Waals surface area contributed by atoms with Crippen molar-refractivity contribution < 1.29 is 9.64 Å². The lowest BCUT2D eigenvalue weighted by Gasteiger charge is -2.23. The minimum Gasteiger partial charge on any atom is -0.497 e. The predicted octanol–water partition coefficient (Wildman–Crippen LogP) is 3.17. The molecule has 0 aliphatic carbocycles. The minimum atomic E-state index is 0.220. The van der Waals surface area contributed by atoms with Crippen LogP contribution in [0.2, 0.25) is 10.0 Å². The van der Waals surface area contributed by atoms with Gasteiger partial charge in [0.25, 0.3) is 0 Å². The van der Waals surface area contributed by atoms with Crippen LogP contribution in [-0.2, 0) is 0 Å². The summed E-state index contributed by atoms with van der Waals surface area (Å²) in [7, 11) is 5.89. The molecule has 0 spiro atoms. The van der Waals surface area contributed by atoms with Crippen LogP contribution in [0.1, 0.15) is 11.6 Å². The van der Waals surface area contributed by atoms with Gasteiger partial charge in [0.15, 0.2) is 5.11 Å². The molecular weight excluding hydrogens is 377 g/mol. The molecule has 3 N–H and O–H groups in total.